The molecule has 2 aromatic rings. The number of nitrogens with one attached hydrogen (secondary N) is 1. The lowest BCUT2D eigenvalue weighted by molar-refractivity contribution is -0.136. The van der Waals surface area contributed by atoms with Crippen molar-refractivity contribution in [2.45, 2.75) is 25.4 Å². The molecule has 0 radical (unpaired) electrons. The summed E-state index contributed by atoms with van der Waals surface area (Å²) in [5.41, 5.74) is 3.55. The maximum Gasteiger partial charge on any atom is 0.255 e. The van der Waals surface area contributed by atoms with Gasteiger partial charge in [0, 0.05) is 18.5 Å². The molecule has 26 heavy (non-hydrogen) atoms. The van der Waals surface area contributed by atoms with Gasteiger partial charge >= 0.3 is 0 Å². The normalized spacial score (nSPS) is 19.3. The van der Waals surface area contributed by atoms with Gasteiger partial charge in [0.2, 0.25) is 11.8 Å². The number of nitrogens with zero attached hydrogens (tertiary/aromatic N) is 1. The second-order valence-electron chi connectivity index (χ2n) is 6.50. The fourth-order valence-electron chi connectivity index (χ4n) is 3.54. The maximum absolute atomic E-state index is 12.7. The zero-order valence-electron chi connectivity index (χ0n) is 14.3. The summed E-state index contributed by atoms with van der Waals surface area (Å²) >= 11 is 0. The van der Waals surface area contributed by atoms with Crippen LogP contribution in [0.1, 0.15) is 28.8 Å². The van der Waals surface area contributed by atoms with Crippen LogP contribution in [-0.2, 0) is 16.1 Å². The second kappa shape index (κ2) is 6.29. The molecule has 2 aliphatic rings. The van der Waals surface area contributed by atoms with Gasteiger partial charge in [-0.1, -0.05) is 18.2 Å². The number of fused-ring (bicyclic) bond motifs is 1. The largest absolute Gasteiger partial charge is 0.497 e. The first kappa shape index (κ1) is 16.3. The summed E-state index contributed by atoms with van der Waals surface area (Å²) in [5, 5.41) is 2.32. The van der Waals surface area contributed by atoms with E-state index in [2.05, 4.69) is 5.32 Å². The van der Waals surface area contributed by atoms with Crippen molar-refractivity contribution in [3.63, 3.8) is 0 Å². The van der Waals surface area contributed by atoms with Gasteiger partial charge in [-0.15, -0.1) is 0 Å². The third kappa shape index (κ3) is 2.73. The number of amides is 3. The van der Waals surface area contributed by atoms with Gasteiger partial charge < -0.3 is 9.64 Å². The van der Waals surface area contributed by atoms with Gasteiger partial charge in [0.15, 0.2) is 0 Å². The number of carbonyl (C=O) groups excluding carboxylic acids is 3. The van der Waals surface area contributed by atoms with Gasteiger partial charge in [-0.25, -0.2) is 0 Å². The molecule has 2 aromatic carbocycles. The predicted molar refractivity (Wildman–Crippen MR) is 94.5 cm³/mol. The Morgan fingerprint density at radius 3 is 2.46 bits per heavy atom. The van der Waals surface area contributed by atoms with E-state index in [1.165, 1.54) is 0 Å². The quantitative estimate of drug-likeness (QED) is 0.861. The molecule has 0 aliphatic carbocycles. The van der Waals surface area contributed by atoms with Gasteiger partial charge in [0.05, 0.1) is 7.11 Å². The third-order valence-corrected chi connectivity index (χ3v) is 4.95. The van der Waals surface area contributed by atoms with Crippen LogP contribution in [0.25, 0.3) is 11.1 Å². The van der Waals surface area contributed by atoms with E-state index in [-0.39, 0.29) is 18.2 Å². The van der Waals surface area contributed by atoms with Crippen LogP contribution in [0.5, 0.6) is 5.75 Å². The number of ether oxygens (including phenoxy) is 1. The summed E-state index contributed by atoms with van der Waals surface area (Å²) in [7, 11) is 1.62. The van der Waals surface area contributed by atoms with E-state index in [9.17, 15) is 14.4 Å². The summed E-state index contributed by atoms with van der Waals surface area (Å²) in [6, 6.07) is 12.8. The van der Waals surface area contributed by atoms with Crippen LogP contribution in [0, 0.1) is 0 Å². The minimum absolute atomic E-state index is 0.157. The number of hydrogen-bond donors (Lipinski definition) is 1. The molecule has 1 fully saturated rings. The molecular formula is C20H18N2O4. The molecule has 3 amide bonds. The van der Waals surface area contributed by atoms with Gasteiger partial charge in [-0.2, -0.15) is 0 Å². The maximum atomic E-state index is 12.7. The van der Waals surface area contributed by atoms with Crippen molar-refractivity contribution >= 4 is 17.7 Å². The molecule has 6 heteroatoms. The molecule has 4 rings (SSSR count). The van der Waals surface area contributed by atoms with Crippen LogP contribution < -0.4 is 10.1 Å². The first-order valence-corrected chi connectivity index (χ1v) is 8.49. The van der Waals surface area contributed by atoms with E-state index in [1.807, 2.05) is 42.5 Å². The summed E-state index contributed by atoms with van der Waals surface area (Å²) in [5.74, 6) is -0.0418. The molecule has 132 valence electrons. The van der Waals surface area contributed by atoms with Crippen molar-refractivity contribution in [2.75, 3.05) is 7.11 Å². The third-order valence-electron chi connectivity index (χ3n) is 4.95. The molecular weight excluding hydrogens is 332 g/mol. The number of piperidine rings is 1. The summed E-state index contributed by atoms with van der Waals surface area (Å²) in [6.07, 6.45) is 0.628. The Hall–Kier alpha value is -3.15. The summed E-state index contributed by atoms with van der Waals surface area (Å²) in [6.45, 7) is 0.379. The SMILES string of the molecule is COc1ccc(-c2ccc3c(c2)CN(C2CCC(=O)NC2=O)C3=O)cc1. The zero-order valence-corrected chi connectivity index (χ0v) is 14.3. The first-order chi connectivity index (χ1) is 12.6. The van der Waals surface area contributed by atoms with Crippen LogP contribution >= 0.6 is 0 Å². The standard InChI is InChI=1S/C20H18N2O4/c1-26-15-5-2-12(3-6-15)13-4-7-16-14(10-13)11-22(20(16)25)17-8-9-18(23)21-19(17)24/h2-7,10,17H,8-9,11H2,1H3,(H,21,23,24). The molecule has 0 saturated carbocycles. The smallest absolute Gasteiger partial charge is 0.255 e. The van der Waals surface area contributed by atoms with Crippen molar-refractivity contribution in [2.24, 2.45) is 0 Å². The topological polar surface area (TPSA) is 75.7 Å². The Labute approximate surface area is 150 Å². The molecule has 1 N–H and O–H groups in total. The summed E-state index contributed by atoms with van der Waals surface area (Å²) < 4.78 is 5.18. The van der Waals surface area contributed by atoms with Crippen LogP contribution in [0.2, 0.25) is 0 Å². The van der Waals surface area contributed by atoms with Crippen molar-refractivity contribution < 1.29 is 19.1 Å². The van der Waals surface area contributed by atoms with Crippen LogP contribution in [0.15, 0.2) is 42.5 Å². The minimum Gasteiger partial charge on any atom is -0.497 e. The van der Waals surface area contributed by atoms with Gasteiger partial charge in [-0.3, -0.25) is 19.7 Å². The number of rotatable bonds is 3. The fourth-order valence-corrected chi connectivity index (χ4v) is 3.54. The van der Waals surface area contributed by atoms with Gasteiger partial charge in [0.25, 0.3) is 5.91 Å². The van der Waals surface area contributed by atoms with Crippen LogP contribution in [-0.4, -0.2) is 35.8 Å². The van der Waals surface area contributed by atoms with E-state index in [0.29, 0.717) is 18.5 Å². The van der Waals surface area contributed by atoms with Crippen molar-refractivity contribution in [3.8, 4) is 16.9 Å². The number of imide groups is 1. The Morgan fingerprint density at radius 2 is 1.77 bits per heavy atom. The highest BCUT2D eigenvalue weighted by Crippen LogP contribution is 2.31. The average Bonchev–Trinajstić information content (AvgIpc) is 2.98. The Balaban J connectivity index is 1.60. The number of benzene rings is 2. The molecule has 0 spiro atoms. The lowest BCUT2D eigenvalue weighted by Gasteiger charge is -2.29. The highest BCUT2D eigenvalue weighted by atomic mass is 16.5. The predicted octanol–water partition coefficient (Wildman–Crippen LogP) is 2.12. The molecule has 1 unspecified atom stereocenters. The highest BCUT2D eigenvalue weighted by molar-refractivity contribution is 6.05. The Kier molecular flexibility index (Phi) is 3.95. The first-order valence-electron chi connectivity index (χ1n) is 8.49. The molecule has 0 bridgehead atoms. The van der Waals surface area contributed by atoms with E-state index >= 15 is 0 Å². The van der Waals surface area contributed by atoms with Crippen molar-refractivity contribution in [1.82, 2.24) is 10.2 Å². The Bertz CT molecular complexity index is 905. The lowest BCUT2D eigenvalue weighted by Crippen LogP contribution is -2.52. The molecule has 1 atom stereocenters. The Morgan fingerprint density at radius 1 is 1.04 bits per heavy atom. The second-order valence-corrected chi connectivity index (χ2v) is 6.50. The van der Waals surface area contributed by atoms with E-state index in [0.717, 1.165) is 22.4 Å². The lowest BCUT2D eigenvalue weighted by atomic mass is 10.0. The molecule has 1 saturated heterocycles. The van der Waals surface area contributed by atoms with Crippen molar-refractivity contribution in [3.05, 3.63) is 53.6 Å². The highest BCUT2D eigenvalue weighted by Gasteiger charge is 2.39. The fraction of sp³-hybridized carbons (Fsp3) is 0.250. The molecule has 2 heterocycles. The van der Waals surface area contributed by atoms with Crippen LogP contribution in [0.3, 0.4) is 0 Å². The van der Waals surface area contributed by atoms with Crippen molar-refractivity contribution in [1.29, 1.82) is 0 Å². The van der Waals surface area contributed by atoms with Gasteiger partial charge in [-0.05, 0) is 47.4 Å². The minimum atomic E-state index is -0.586. The molecule has 6 nitrogen and oxygen atoms in total. The van der Waals surface area contributed by atoms with Crippen LogP contribution in [0.4, 0.5) is 0 Å². The van der Waals surface area contributed by atoms with E-state index in [1.54, 1.807) is 12.0 Å². The monoisotopic (exact) mass is 350 g/mol. The molecule has 0 aromatic heterocycles. The number of carbonyl (C=O) groups is 3. The van der Waals surface area contributed by atoms with E-state index < -0.39 is 11.9 Å². The average molecular weight is 350 g/mol. The number of hydrogen-bond acceptors (Lipinski definition) is 4. The molecule has 2 aliphatic heterocycles. The van der Waals surface area contributed by atoms with Gasteiger partial charge in [0.1, 0.15) is 11.8 Å². The zero-order chi connectivity index (χ0) is 18.3. The van der Waals surface area contributed by atoms with E-state index in [4.69, 9.17) is 4.74 Å². The summed E-state index contributed by atoms with van der Waals surface area (Å²) in [4.78, 5) is 37.7. The number of methoxy groups -OCH3 is 1.